The molecule has 0 spiro atoms. The van der Waals surface area contributed by atoms with E-state index in [4.69, 9.17) is 9.72 Å². The van der Waals surface area contributed by atoms with Crippen molar-refractivity contribution < 1.29 is 18.1 Å². The monoisotopic (exact) mass is 510 g/mol. The molecule has 0 aliphatic carbocycles. The highest BCUT2D eigenvalue weighted by Crippen LogP contribution is 2.37. The minimum Gasteiger partial charge on any atom is -0.593 e. The molecule has 5 aromatic rings. The number of aromatic nitrogens is 3. The summed E-state index contributed by atoms with van der Waals surface area (Å²) in [5.74, 6) is -0.114. The normalized spacial score (nSPS) is 12.4. The van der Waals surface area contributed by atoms with Crippen molar-refractivity contribution in [2.75, 3.05) is 13.2 Å². The number of thiazole rings is 1. The highest BCUT2D eigenvalue weighted by atomic mass is 32.2. The minimum absolute atomic E-state index is 0.285. The van der Waals surface area contributed by atoms with Crippen molar-refractivity contribution in [1.82, 2.24) is 19.7 Å². The lowest BCUT2D eigenvalue weighted by atomic mass is 10.1. The number of ether oxygens (including phenoxy) is 1. The second kappa shape index (κ2) is 9.82. The molecule has 6 nitrogen and oxygen atoms in total. The number of nitrogens with one attached hydrogen (secondary N) is 1. The van der Waals surface area contributed by atoms with E-state index in [1.54, 1.807) is 6.20 Å². The van der Waals surface area contributed by atoms with Gasteiger partial charge in [0.05, 0.1) is 44.9 Å². The fourth-order valence-electron chi connectivity index (χ4n) is 3.65. The second-order valence-corrected chi connectivity index (χ2v) is 10.2. The van der Waals surface area contributed by atoms with Gasteiger partial charge >= 0.3 is 0 Å². The molecule has 0 saturated heterocycles. The van der Waals surface area contributed by atoms with Gasteiger partial charge in [0, 0.05) is 17.8 Å². The van der Waals surface area contributed by atoms with E-state index in [-0.39, 0.29) is 12.4 Å². The van der Waals surface area contributed by atoms with E-state index < -0.39 is 17.2 Å². The van der Waals surface area contributed by atoms with E-state index >= 15 is 0 Å². The molecule has 2 heterocycles. The molecule has 0 aliphatic heterocycles. The van der Waals surface area contributed by atoms with Gasteiger partial charge in [-0.3, -0.25) is 4.98 Å². The Bertz CT molecular complexity index is 1520. The van der Waals surface area contributed by atoms with Gasteiger partial charge in [-0.1, -0.05) is 0 Å². The minimum atomic E-state index is -1.46. The summed E-state index contributed by atoms with van der Waals surface area (Å²) in [6, 6.07) is 12.1. The van der Waals surface area contributed by atoms with Crippen molar-refractivity contribution in [3.63, 3.8) is 0 Å². The summed E-state index contributed by atoms with van der Waals surface area (Å²) in [5, 5.41) is 0.652. The van der Waals surface area contributed by atoms with Crippen LogP contribution in [0.5, 0.6) is 5.75 Å². The third kappa shape index (κ3) is 5.10. The number of nitrogens with zero attached hydrogens (tertiary/aromatic N) is 3. The van der Waals surface area contributed by atoms with Gasteiger partial charge in [-0.15, -0.1) is 16.1 Å². The second-order valence-electron chi connectivity index (χ2n) is 7.90. The van der Waals surface area contributed by atoms with Crippen molar-refractivity contribution in [2.24, 2.45) is 0 Å². The van der Waals surface area contributed by atoms with Crippen LogP contribution in [0.4, 0.5) is 8.78 Å². The van der Waals surface area contributed by atoms with E-state index in [1.165, 1.54) is 47.7 Å². The zero-order valence-corrected chi connectivity index (χ0v) is 20.5. The van der Waals surface area contributed by atoms with Crippen LogP contribution in [0, 0.1) is 25.5 Å². The van der Waals surface area contributed by atoms with Crippen molar-refractivity contribution >= 4 is 43.9 Å². The van der Waals surface area contributed by atoms with Crippen LogP contribution in [0.15, 0.2) is 59.6 Å². The maximum absolute atomic E-state index is 14.3. The number of hydrogen-bond acceptors (Lipinski definition) is 7. The Balaban J connectivity index is 1.33. The molecule has 178 valence electrons. The predicted molar refractivity (Wildman–Crippen MR) is 134 cm³/mol. The van der Waals surface area contributed by atoms with Crippen LogP contribution in [-0.2, 0) is 11.4 Å². The maximum atomic E-state index is 14.3. The first kappa shape index (κ1) is 23.6. The highest BCUT2D eigenvalue weighted by molar-refractivity contribution is 7.89. The zero-order valence-electron chi connectivity index (χ0n) is 18.8. The summed E-state index contributed by atoms with van der Waals surface area (Å²) in [6.07, 6.45) is 1.66. The number of rotatable bonds is 7. The lowest BCUT2D eigenvalue weighted by Crippen LogP contribution is -2.28. The van der Waals surface area contributed by atoms with Gasteiger partial charge in [0.25, 0.3) is 0 Å². The van der Waals surface area contributed by atoms with E-state index in [1.807, 2.05) is 26.0 Å². The summed E-state index contributed by atoms with van der Waals surface area (Å²) < 4.78 is 49.2. The average molecular weight is 511 g/mol. The number of hydrogen-bond donors (Lipinski definition) is 1. The van der Waals surface area contributed by atoms with E-state index in [2.05, 4.69) is 14.7 Å². The molecule has 5 rings (SSSR count). The summed E-state index contributed by atoms with van der Waals surface area (Å²) in [7, 11) is 0. The predicted octanol–water partition coefficient (Wildman–Crippen LogP) is 5.49. The van der Waals surface area contributed by atoms with Crippen molar-refractivity contribution in [1.29, 1.82) is 0 Å². The average Bonchev–Trinajstić information content (AvgIpc) is 3.26. The van der Waals surface area contributed by atoms with Crippen molar-refractivity contribution in [3.8, 4) is 16.3 Å². The smallest absolute Gasteiger partial charge is 0.174 e. The number of aryl methyl sites for hydroxylation is 2. The zero-order chi connectivity index (χ0) is 24.5. The van der Waals surface area contributed by atoms with Gasteiger partial charge in [-0.25, -0.2) is 18.7 Å². The van der Waals surface area contributed by atoms with Gasteiger partial charge in [0.15, 0.2) is 4.90 Å². The van der Waals surface area contributed by atoms with E-state index in [0.717, 1.165) is 15.8 Å². The van der Waals surface area contributed by atoms with Gasteiger partial charge < -0.3 is 9.29 Å². The fourth-order valence-corrected chi connectivity index (χ4v) is 5.56. The number of fused-ring (bicyclic) bond motifs is 2. The molecule has 0 bridgehead atoms. The molecule has 0 aliphatic rings. The lowest BCUT2D eigenvalue weighted by molar-refractivity contribution is 0.323. The molecular weight excluding hydrogens is 490 g/mol. The van der Waals surface area contributed by atoms with Crippen molar-refractivity contribution in [3.05, 3.63) is 77.6 Å². The van der Waals surface area contributed by atoms with Crippen LogP contribution in [0.1, 0.15) is 11.3 Å². The Kier molecular flexibility index (Phi) is 6.61. The Labute approximate surface area is 207 Å². The quantitative estimate of drug-likeness (QED) is 0.230. The first-order valence-corrected chi connectivity index (χ1v) is 12.7. The lowest BCUT2D eigenvalue weighted by Gasteiger charge is -2.11. The molecular formula is C25H20F2N4O2S2. The summed E-state index contributed by atoms with van der Waals surface area (Å²) in [6.45, 7) is 4.37. The molecule has 10 heteroatoms. The highest BCUT2D eigenvalue weighted by Gasteiger charge is 2.16. The first-order valence-electron chi connectivity index (χ1n) is 10.8. The topological polar surface area (TPSA) is 83.0 Å². The SMILES string of the molecule is Cc1cnc2c(-c3nc4c(C)cc(OCCN[S+]([O-])c5ccc(F)cc5)cc4s3)cc(F)cc2n1. The molecule has 0 amide bonds. The standard InChI is InChI=1S/C25H20F2N4O2S2/c1-14-9-18(33-8-7-29-35(32)19-5-3-16(26)4-6-19)12-22-23(14)31-25(34-22)20-10-17(27)11-21-24(20)28-13-15(2)30-21/h3-6,9-13,29H,7-8H2,1-2H3. The maximum Gasteiger partial charge on any atom is 0.174 e. The van der Waals surface area contributed by atoms with E-state index in [9.17, 15) is 13.3 Å². The third-order valence-corrected chi connectivity index (χ3v) is 7.46. The third-order valence-electron chi connectivity index (χ3n) is 5.25. The molecule has 1 atom stereocenters. The Hall–Kier alpha value is -3.18. The Morgan fingerprint density at radius 1 is 1.00 bits per heavy atom. The first-order chi connectivity index (χ1) is 16.9. The molecule has 3 aromatic carbocycles. The fraction of sp³-hybridized carbons (Fsp3) is 0.160. The molecule has 35 heavy (non-hydrogen) atoms. The van der Waals surface area contributed by atoms with E-state index in [0.29, 0.717) is 44.5 Å². The Morgan fingerprint density at radius 3 is 2.60 bits per heavy atom. The van der Waals surface area contributed by atoms with Crippen LogP contribution >= 0.6 is 11.3 Å². The number of benzene rings is 3. The molecule has 1 unspecified atom stereocenters. The summed E-state index contributed by atoms with van der Waals surface area (Å²) in [5.41, 5.74) is 4.14. The molecule has 2 aromatic heterocycles. The Morgan fingerprint density at radius 2 is 1.80 bits per heavy atom. The van der Waals surface area contributed by atoms with Gasteiger partial charge in [-0.05, 0) is 61.9 Å². The molecule has 0 fully saturated rings. The molecule has 0 saturated carbocycles. The number of halogens is 2. The van der Waals surface area contributed by atoms with Gasteiger partial charge in [-0.2, -0.15) is 0 Å². The molecule has 0 radical (unpaired) electrons. The van der Waals surface area contributed by atoms with Crippen LogP contribution in [-0.4, -0.2) is 32.7 Å². The largest absolute Gasteiger partial charge is 0.593 e. The summed E-state index contributed by atoms with van der Waals surface area (Å²) >= 11 is -0.0271. The van der Waals surface area contributed by atoms with Crippen LogP contribution in [0.2, 0.25) is 0 Å². The van der Waals surface area contributed by atoms with Crippen LogP contribution in [0.25, 0.3) is 31.8 Å². The van der Waals surface area contributed by atoms with Crippen LogP contribution < -0.4 is 9.46 Å². The van der Waals surface area contributed by atoms with Crippen LogP contribution in [0.3, 0.4) is 0 Å². The van der Waals surface area contributed by atoms with Gasteiger partial charge in [0.2, 0.25) is 0 Å². The molecule has 1 N–H and O–H groups in total. The van der Waals surface area contributed by atoms with Crippen molar-refractivity contribution in [2.45, 2.75) is 18.7 Å². The van der Waals surface area contributed by atoms with Gasteiger partial charge in [0.1, 0.15) is 29.0 Å². The summed E-state index contributed by atoms with van der Waals surface area (Å²) in [4.78, 5) is 14.1.